The van der Waals surface area contributed by atoms with Gasteiger partial charge in [0.2, 0.25) is 0 Å². The number of hydrogen-bond acceptors (Lipinski definition) is 1. The molecule has 102 valence electrons. The average molecular weight is 263 g/mol. The van der Waals surface area contributed by atoms with Crippen LogP contribution in [0.5, 0.6) is 0 Å². The van der Waals surface area contributed by atoms with Crippen molar-refractivity contribution in [2.24, 2.45) is 0 Å². The Morgan fingerprint density at radius 2 is 1.80 bits per heavy atom. The predicted molar refractivity (Wildman–Crippen MR) is 85.6 cm³/mol. The molecular weight excluding hydrogens is 242 g/mol. The first kappa shape index (κ1) is 13.1. The van der Waals surface area contributed by atoms with Crippen molar-refractivity contribution in [3.8, 4) is 0 Å². The van der Waals surface area contributed by atoms with E-state index in [-0.39, 0.29) is 0 Å². The summed E-state index contributed by atoms with van der Waals surface area (Å²) in [5.74, 6) is 0. The number of rotatable bonds is 4. The van der Waals surface area contributed by atoms with Gasteiger partial charge in [-0.3, -0.25) is 0 Å². The normalized spacial score (nSPS) is 18.1. The highest BCUT2D eigenvalue weighted by atomic mass is 14.9. The molecule has 0 aromatic heterocycles. The van der Waals surface area contributed by atoms with Crippen LogP contribution >= 0.6 is 0 Å². The standard InChI is InChI=1S/C19H21N/c1-2-8-16(9-3-1)10-7-15-20-19-14-6-12-17-11-4-5-13-18(17)19/h1-5,7-11,13,19-20H,6,12,14-15H2/b10-7+. The van der Waals surface area contributed by atoms with Crippen LogP contribution in [0.1, 0.15) is 35.6 Å². The zero-order chi connectivity index (χ0) is 13.6. The summed E-state index contributed by atoms with van der Waals surface area (Å²) in [5, 5.41) is 3.66. The van der Waals surface area contributed by atoms with Gasteiger partial charge < -0.3 is 5.32 Å². The average Bonchev–Trinajstić information content (AvgIpc) is 2.53. The van der Waals surface area contributed by atoms with Gasteiger partial charge >= 0.3 is 0 Å². The first-order valence-electron chi connectivity index (χ1n) is 7.46. The van der Waals surface area contributed by atoms with Gasteiger partial charge in [0.15, 0.2) is 0 Å². The second-order valence-electron chi connectivity index (χ2n) is 5.36. The van der Waals surface area contributed by atoms with Crippen LogP contribution in [-0.2, 0) is 6.42 Å². The molecule has 1 N–H and O–H groups in total. The maximum Gasteiger partial charge on any atom is 0.0325 e. The minimum Gasteiger partial charge on any atom is -0.306 e. The Morgan fingerprint density at radius 1 is 1.00 bits per heavy atom. The lowest BCUT2D eigenvalue weighted by atomic mass is 9.88. The predicted octanol–water partition coefficient (Wildman–Crippen LogP) is 4.37. The van der Waals surface area contributed by atoms with Crippen molar-refractivity contribution in [1.82, 2.24) is 5.32 Å². The van der Waals surface area contributed by atoms with E-state index in [1.165, 1.54) is 36.0 Å². The lowest BCUT2D eigenvalue weighted by Gasteiger charge is -2.26. The zero-order valence-corrected chi connectivity index (χ0v) is 11.8. The third kappa shape index (κ3) is 3.17. The molecule has 0 heterocycles. The molecule has 0 bridgehead atoms. The van der Waals surface area contributed by atoms with Crippen molar-refractivity contribution in [3.05, 3.63) is 77.4 Å². The van der Waals surface area contributed by atoms with Gasteiger partial charge in [-0.1, -0.05) is 66.7 Å². The van der Waals surface area contributed by atoms with E-state index < -0.39 is 0 Å². The molecule has 1 atom stereocenters. The van der Waals surface area contributed by atoms with Gasteiger partial charge in [-0.2, -0.15) is 0 Å². The molecule has 1 unspecified atom stereocenters. The van der Waals surface area contributed by atoms with Crippen LogP contribution < -0.4 is 5.32 Å². The SMILES string of the molecule is C(=C\c1ccccc1)/CNC1CCCc2ccccc21. The molecule has 3 rings (SSSR count). The Bertz CT molecular complexity index is 571. The first-order valence-corrected chi connectivity index (χ1v) is 7.46. The third-order valence-corrected chi connectivity index (χ3v) is 3.96. The Kier molecular flexibility index (Phi) is 4.29. The van der Waals surface area contributed by atoms with E-state index in [1.54, 1.807) is 0 Å². The van der Waals surface area contributed by atoms with E-state index in [9.17, 15) is 0 Å². The van der Waals surface area contributed by atoms with Gasteiger partial charge in [-0.15, -0.1) is 0 Å². The smallest absolute Gasteiger partial charge is 0.0325 e. The number of benzene rings is 2. The third-order valence-electron chi connectivity index (χ3n) is 3.96. The number of fused-ring (bicyclic) bond motifs is 1. The molecule has 0 spiro atoms. The van der Waals surface area contributed by atoms with Gasteiger partial charge in [0.1, 0.15) is 0 Å². The maximum absolute atomic E-state index is 3.66. The van der Waals surface area contributed by atoms with Crippen molar-refractivity contribution >= 4 is 6.08 Å². The molecule has 2 aromatic rings. The van der Waals surface area contributed by atoms with Crippen LogP contribution in [-0.4, -0.2) is 6.54 Å². The molecule has 1 nitrogen and oxygen atoms in total. The van der Waals surface area contributed by atoms with Crippen LogP contribution in [0, 0.1) is 0 Å². The molecule has 0 fully saturated rings. The van der Waals surface area contributed by atoms with Crippen molar-refractivity contribution in [1.29, 1.82) is 0 Å². The topological polar surface area (TPSA) is 12.0 Å². The molecule has 0 radical (unpaired) electrons. The largest absolute Gasteiger partial charge is 0.306 e. The van der Waals surface area contributed by atoms with Gasteiger partial charge in [0.05, 0.1) is 0 Å². The summed E-state index contributed by atoms with van der Waals surface area (Å²) in [5.41, 5.74) is 4.27. The molecule has 0 amide bonds. The van der Waals surface area contributed by atoms with Crippen molar-refractivity contribution in [2.45, 2.75) is 25.3 Å². The Balaban J connectivity index is 1.59. The Hall–Kier alpha value is -1.86. The van der Waals surface area contributed by atoms with Crippen LogP contribution in [0.2, 0.25) is 0 Å². The zero-order valence-electron chi connectivity index (χ0n) is 11.8. The minimum absolute atomic E-state index is 0.514. The van der Waals surface area contributed by atoms with E-state index in [0.717, 1.165) is 6.54 Å². The fourth-order valence-corrected chi connectivity index (χ4v) is 2.94. The highest BCUT2D eigenvalue weighted by Gasteiger charge is 2.18. The summed E-state index contributed by atoms with van der Waals surface area (Å²) in [7, 11) is 0. The second-order valence-corrected chi connectivity index (χ2v) is 5.36. The van der Waals surface area contributed by atoms with Crippen molar-refractivity contribution in [2.75, 3.05) is 6.54 Å². The number of aryl methyl sites for hydroxylation is 1. The van der Waals surface area contributed by atoms with Crippen molar-refractivity contribution in [3.63, 3.8) is 0 Å². The molecule has 1 heteroatoms. The fraction of sp³-hybridized carbons (Fsp3) is 0.263. The maximum atomic E-state index is 3.66. The molecule has 0 saturated carbocycles. The second kappa shape index (κ2) is 6.53. The van der Waals surface area contributed by atoms with E-state index >= 15 is 0 Å². The van der Waals surface area contributed by atoms with E-state index in [4.69, 9.17) is 0 Å². The highest BCUT2D eigenvalue weighted by Crippen LogP contribution is 2.29. The molecule has 20 heavy (non-hydrogen) atoms. The van der Waals surface area contributed by atoms with E-state index in [0.29, 0.717) is 6.04 Å². The quantitative estimate of drug-likeness (QED) is 0.864. The molecule has 1 aliphatic rings. The Labute approximate surface area is 121 Å². The van der Waals surface area contributed by atoms with E-state index in [1.807, 2.05) is 0 Å². The molecule has 2 aromatic carbocycles. The van der Waals surface area contributed by atoms with Gasteiger partial charge in [-0.05, 0) is 36.0 Å². The van der Waals surface area contributed by atoms with Crippen LogP contribution in [0.4, 0.5) is 0 Å². The van der Waals surface area contributed by atoms with Gasteiger partial charge in [0.25, 0.3) is 0 Å². The first-order chi connectivity index (χ1) is 9.93. The summed E-state index contributed by atoms with van der Waals surface area (Å²) in [6, 6.07) is 19.8. The fourth-order valence-electron chi connectivity index (χ4n) is 2.94. The summed E-state index contributed by atoms with van der Waals surface area (Å²) >= 11 is 0. The summed E-state index contributed by atoms with van der Waals surface area (Å²) in [6.07, 6.45) is 8.16. The van der Waals surface area contributed by atoms with Gasteiger partial charge in [-0.25, -0.2) is 0 Å². The Morgan fingerprint density at radius 3 is 2.70 bits per heavy atom. The number of nitrogens with one attached hydrogen (secondary N) is 1. The number of hydrogen-bond donors (Lipinski definition) is 1. The van der Waals surface area contributed by atoms with Crippen molar-refractivity contribution < 1.29 is 0 Å². The molecule has 0 aliphatic heterocycles. The van der Waals surface area contributed by atoms with Crippen LogP contribution in [0.15, 0.2) is 60.7 Å². The minimum atomic E-state index is 0.514. The van der Waals surface area contributed by atoms with E-state index in [2.05, 4.69) is 72.1 Å². The lowest BCUT2D eigenvalue weighted by Crippen LogP contribution is -2.25. The molecular formula is C19H21N. The summed E-state index contributed by atoms with van der Waals surface area (Å²) in [6.45, 7) is 0.924. The molecule has 0 saturated heterocycles. The summed E-state index contributed by atoms with van der Waals surface area (Å²) in [4.78, 5) is 0. The monoisotopic (exact) mass is 263 g/mol. The van der Waals surface area contributed by atoms with Crippen LogP contribution in [0.3, 0.4) is 0 Å². The summed E-state index contributed by atoms with van der Waals surface area (Å²) < 4.78 is 0. The van der Waals surface area contributed by atoms with Gasteiger partial charge in [0, 0.05) is 12.6 Å². The lowest BCUT2D eigenvalue weighted by molar-refractivity contribution is 0.481. The molecule has 1 aliphatic carbocycles. The highest BCUT2D eigenvalue weighted by molar-refractivity contribution is 5.48. The van der Waals surface area contributed by atoms with Crippen LogP contribution in [0.25, 0.3) is 6.08 Å².